The Morgan fingerprint density at radius 2 is 1.90 bits per heavy atom. The van der Waals surface area contributed by atoms with Crippen LogP contribution in [0.2, 0.25) is 5.02 Å². The molecule has 0 aliphatic heterocycles. The molecule has 0 unspecified atom stereocenters. The van der Waals surface area contributed by atoms with Gasteiger partial charge in [-0.25, -0.2) is 0 Å². The van der Waals surface area contributed by atoms with Gasteiger partial charge < -0.3 is 10.6 Å². The molecule has 0 aliphatic carbocycles. The lowest BCUT2D eigenvalue weighted by atomic mass is 10.2. The van der Waals surface area contributed by atoms with Gasteiger partial charge in [0.15, 0.2) is 0 Å². The second-order valence-corrected chi connectivity index (χ2v) is 5.53. The monoisotopic (exact) mass is 352 g/mol. The van der Waals surface area contributed by atoms with E-state index in [1.165, 1.54) is 0 Å². The van der Waals surface area contributed by atoms with Crippen molar-refractivity contribution in [1.82, 2.24) is 5.32 Å². The van der Waals surface area contributed by atoms with E-state index in [0.717, 1.165) is 15.7 Å². The molecule has 5 heteroatoms. The minimum atomic E-state index is -0.0688. The van der Waals surface area contributed by atoms with E-state index in [9.17, 15) is 4.79 Å². The molecule has 3 nitrogen and oxygen atoms in total. The van der Waals surface area contributed by atoms with E-state index >= 15 is 0 Å². The Morgan fingerprint density at radius 3 is 2.65 bits per heavy atom. The van der Waals surface area contributed by atoms with Crippen molar-refractivity contribution in [2.24, 2.45) is 0 Å². The molecule has 104 valence electrons. The molecule has 0 fully saturated rings. The van der Waals surface area contributed by atoms with Crippen molar-refractivity contribution in [3.8, 4) is 0 Å². The topological polar surface area (TPSA) is 41.1 Å². The second-order valence-electron chi connectivity index (χ2n) is 4.24. The first-order chi connectivity index (χ1) is 9.65. The van der Waals surface area contributed by atoms with Gasteiger partial charge in [-0.15, -0.1) is 0 Å². The average molecular weight is 354 g/mol. The van der Waals surface area contributed by atoms with Gasteiger partial charge in [0.2, 0.25) is 5.91 Å². The highest BCUT2D eigenvalue weighted by Gasteiger charge is 2.04. The number of nitrogens with one attached hydrogen (secondary N) is 2. The highest BCUT2D eigenvalue weighted by Crippen LogP contribution is 2.25. The van der Waals surface area contributed by atoms with Crippen LogP contribution < -0.4 is 10.6 Å². The molecule has 2 aromatic carbocycles. The summed E-state index contributed by atoms with van der Waals surface area (Å²) < 4.78 is 0.873. The molecule has 2 aromatic rings. The lowest BCUT2D eigenvalue weighted by molar-refractivity contribution is -0.119. The maximum absolute atomic E-state index is 11.8. The molecule has 0 aliphatic rings. The summed E-state index contributed by atoms with van der Waals surface area (Å²) in [6, 6.07) is 15.2. The molecule has 20 heavy (non-hydrogen) atoms. The largest absolute Gasteiger partial charge is 0.375 e. The van der Waals surface area contributed by atoms with Gasteiger partial charge in [0, 0.05) is 16.0 Å². The maximum Gasteiger partial charge on any atom is 0.239 e. The summed E-state index contributed by atoms with van der Waals surface area (Å²) in [6.45, 7) is 0.726. The van der Waals surface area contributed by atoms with Gasteiger partial charge in [0.05, 0.1) is 12.2 Å². The van der Waals surface area contributed by atoms with E-state index in [2.05, 4.69) is 26.6 Å². The van der Waals surface area contributed by atoms with Crippen LogP contribution in [-0.2, 0) is 11.3 Å². The number of carbonyl (C=O) groups excluding carboxylic acids is 1. The second kappa shape index (κ2) is 7.31. The molecule has 0 atom stereocenters. The zero-order chi connectivity index (χ0) is 14.4. The van der Waals surface area contributed by atoms with Crippen molar-refractivity contribution in [2.75, 3.05) is 11.9 Å². The van der Waals surface area contributed by atoms with Crippen molar-refractivity contribution >= 4 is 39.1 Å². The highest BCUT2D eigenvalue weighted by molar-refractivity contribution is 9.10. The Hall–Kier alpha value is -1.52. The van der Waals surface area contributed by atoms with Crippen molar-refractivity contribution < 1.29 is 4.79 Å². The summed E-state index contributed by atoms with van der Waals surface area (Å²) in [4.78, 5) is 11.8. The first-order valence-corrected chi connectivity index (χ1v) is 7.32. The fourth-order valence-electron chi connectivity index (χ4n) is 1.67. The number of halogens is 2. The minimum absolute atomic E-state index is 0.0688. The minimum Gasteiger partial charge on any atom is -0.375 e. The number of anilines is 1. The Kier molecular flexibility index (Phi) is 5.44. The predicted molar refractivity (Wildman–Crippen MR) is 85.9 cm³/mol. The third-order valence-electron chi connectivity index (χ3n) is 2.70. The van der Waals surface area contributed by atoms with Crippen molar-refractivity contribution in [3.05, 3.63) is 63.6 Å². The normalized spacial score (nSPS) is 10.1. The lowest BCUT2D eigenvalue weighted by Crippen LogP contribution is -2.29. The lowest BCUT2D eigenvalue weighted by Gasteiger charge is -2.09. The molecule has 0 heterocycles. The summed E-state index contributed by atoms with van der Waals surface area (Å²) in [5.74, 6) is -0.0688. The number of amides is 1. The highest BCUT2D eigenvalue weighted by atomic mass is 79.9. The van der Waals surface area contributed by atoms with Gasteiger partial charge in [0.25, 0.3) is 0 Å². The van der Waals surface area contributed by atoms with E-state index < -0.39 is 0 Å². The fraction of sp³-hybridized carbons (Fsp3) is 0.133. The van der Waals surface area contributed by atoms with Gasteiger partial charge in [-0.3, -0.25) is 4.79 Å². The molecular weight excluding hydrogens is 340 g/mol. The summed E-state index contributed by atoms with van der Waals surface area (Å²) in [7, 11) is 0. The SMILES string of the molecule is O=C(CNc1cc(Cl)ccc1Br)NCc1ccccc1. The summed E-state index contributed by atoms with van der Waals surface area (Å²) in [6.07, 6.45) is 0. The quantitative estimate of drug-likeness (QED) is 0.857. The fourth-order valence-corrected chi connectivity index (χ4v) is 2.23. The van der Waals surface area contributed by atoms with Crippen LogP contribution in [0.1, 0.15) is 5.56 Å². The first-order valence-electron chi connectivity index (χ1n) is 6.15. The van der Waals surface area contributed by atoms with E-state index in [-0.39, 0.29) is 12.5 Å². The third-order valence-corrected chi connectivity index (χ3v) is 3.63. The molecule has 1 amide bonds. The molecule has 0 saturated carbocycles. The summed E-state index contributed by atoms with van der Waals surface area (Å²) in [5, 5.41) is 6.53. The van der Waals surface area contributed by atoms with E-state index in [4.69, 9.17) is 11.6 Å². The standard InChI is InChI=1S/C15H14BrClN2O/c16-13-7-6-12(17)8-14(13)18-10-15(20)19-9-11-4-2-1-3-5-11/h1-8,18H,9-10H2,(H,19,20). The van der Waals surface area contributed by atoms with Crippen LogP contribution in [0.3, 0.4) is 0 Å². The van der Waals surface area contributed by atoms with Gasteiger partial charge >= 0.3 is 0 Å². The van der Waals surface area contributed by atoms with E-state index in [0.29, 0.717) is 11.6 Å². The van der Waals surface area contributed by atoms with E-state index in [1.807, 2.05) is 36.4 Å². The zero-order valence-corrected chi connectivity index (χ0v) is 13.0. The Morgan fingerprint density at radius 1 is 1.15 bits per heavy atom. The number of carbonyl (C=O) groups is 1. The summed E-state index contributed by atoms with van der Waals surface area (Å²) in [5.41, 5.74) is 1.87. The molecule has 0 spiro atoms. The molecule has 0 aromatic heterocycles. The smallest absolute Gasteiger partial charge is 0.239 e. The van der Waals surface area contributed by atoms with Crippen LogP contribution in [0.5, 0.6) is 0 Å². The Labute approximate surface area is 131 Å². The van der Waals surface area contributed by atoms with Crippen LogP contribution in [0.25, 0.3) is 0 Å². The molecule has 2 N–H and O–H groups in total. The van der Waals surface area contributed by atoms with E-state index in [1.54, 1.807) is 12.1 Å². The van der Waals surface area contributed by atoms with Crippen LogP contribution in [0.4, 0.5) is 5.69 Å². The van der Waals surface area contributed by atoms with Crippen LogP contribution in [0, 0.1) is 0 Å². The number of hydrogen-bond donors (Lipinski definition) is 2. The number of benzene rings is 2. The number of rotatable bonds is 5. The Bertz CT molecular complexity index is 590. The molecular formula is C15H14BrClN2O. The average Bonchev–Trinajstić information content (AvgIpc) is 2.47. The van der Waals surface area contributed by atoms with Crippen molar-refractivity contribution in [2.45, 2.75) is 6.54 Å². The Balaban J connectivity index is 1.82. The molecule has 0 bridgehead atoms. The van der Waals surface area contributed by atoms with Gasteiger partial charge in [-0.2, -0.15) is 0 Å². The van der Waals surface area contributed by atoms with Gasteiger partial charge in [-0.05, 0) is 39.7 Å². The van der Waals surface area contributed by atoms with Crippen molar-refractivity contribution in [1.29, 1.82) is 0 Å². The summed E-state index contributed by atoms with van der Waals surface area (Å²) >= 11 is 9.32. The third kappa shape index (κ3) is 4.54. The van der Waals surface area contributed by atoms with Crippen LogP contribution in [0.15, 0.2) is 53.0 Å². The van der Waals surface area contributed by atoms with Crippen LogP contribution >= 0.6 is 27.5 Å². The van der Waals surface area contributed by atoms with Crippen LogP contribution in [-0.4, -0.2) is 12.5 Å². The maximum atomic E-state index is 11.8. The van der Waals surface area contributed by atoms with Crippen molar-refractivity contribution in [3.63, 3.8) is 0 Å². The molecule has 0 saturated heterocycles. The van der Waals surface area contributed by atoms with Gasteiger partial charge in [-0.1, -0.05) is 41.9 Å². The predicted octanol–water partition coefficient (Wildman–Crippen LogP) is 3.83. The molecule has 2 rings (SSSR count). The first kappa shape index (κ1) is 14.9. The number of hydrogen-bond acceptors (Lipinski definition) is 2. The molecule has 0 radical (unpaired) electrons. The van der Waals surface area contributed by atoms with Gasteiger partial charge in [0.1, 0.15) is 0 Å². The zero-order valence-electron chi connectivity index (χ0n) is 10.7.